The Morgan fingerprint density at radius 1 is 1.25 bits per heavy atom. The Bertz CT molecular complexity index is 604. The molecule has 1 aliphatic carbocycles. The predicted molar refractivity (Wildman–Crippen MR) is 83.4 cm³/mol. The normalized spacial score (nSPS) is 27.9. The molecule has 1 aliphatic rings. The Morgan fingerprint density at radius 2 is 2.00 bits per heavy atom. The Kier molecular flexibility index (Phi) is 3.53. The van der Waals surface area contributed by atoms with Gasteiger partial charge in [-0.1, -0.05) is 55.8 Å². The Hall–Kier alpha value is -1.38. The van der Waals surface area contributed by atoms with E-state index in [0.717, 1.165) is 23.8 Å². The summed E-state index contributed by atoms with van der Waals surface area (Å²) >= 11 is 0. The third-order valence-electron chi connectivity index (χ3n) is 4.99. The lowest BCUT2D eigenvalue weighted by molar-refractivity contribution is 0.0319. The van der Waals surface area contributed by atoms with Crippen LogP contribution in [0.25, 0.3) is 10.8 Å². The lowest BCUT2D eigenvalue weighted by atomic mass is 9.76. The van der Waals surface area contributed by atoms with Gasteiger partial charge < -0.3 is 10.8 Å². The van der Waals surface area contributed by atoms with E-state index >= 15 is 0 Å². The van der Waals surface area contributed by atoms with Crippen LogP contribution in [0.4, 0.5) is 0 Å². The number of hydrogen-bond acceptors (Lipinski definition) is 2. The van der Waals surface area contributed by atoms with Crippen molar-refractivity contribution < 1.29 is 5.11 Å². The van der Waals surface area contributed by atoms with Crippen molar-refractivity contribution in [3.8, 4) is 0 Å². The molecule has 3 rings (SSSR count). The van der Waals surface area contributed by atoms with Gasteiger partial charge in [-0.05, 0) is 35.1 Å². The van der Waals surface area contributed by atoms with E-state index in [1.54, 1.807) is 0 Å². The molecule has 0 amide bonds. The summed E-state index contributed by atoms with van der Waals surface area (Å²) in [5.74, 6) is 0.656. The highest BCUT2D eigenvalue weighted by Gasteiger charge is 2.43. The first kappa shape index (κ1) is 13.6. The first-order valence-corrected chi connectivity index (χ1v) is 7.52. The molecule has 2 aromatic carbocycles. The summed E-state index contributed by atoms with van der Waals surface area (Å²) in [5, 5.41) is 13.3. The maximum absolute atomic E-state index is 11.0. The zero-order chi connectivity index (χ0) is 14.2. The van der Waals surface area contributed by atoms with Gasteiger partial charge in [0, 0.05) is 12.0 Å². The van der Waals surface area contributed by atoms with Crippen molar-refractivity contribution in [2.45, 2.75) is 32.3 Å². The van der Waals surface area contributed by atoms with Crippen LogP contribution in [0.15, 0.2) is 42.5 Å². The summed E-state index contributed by atoms with van der Waals surface area (Å²) in [5.41, 5.74) is 6.93. The highest BCUT2D eigenvalue weighted by atomic mass is 16.3. The molecule has 2 heteroatoms. The molecule has 0 saturated heterocycles. The van der Waals surface area contributed by atoms with Crippen molar-refractivity contribution in [2.75, 3.05) is 6.54 Å². The van der Waals surface area contributed by atoms with E-state index < -0.39 is 6.10 Å². The standard InChI is InChI=1S/C18H23NO/c1-13-9-10-18(11-13,12-19)17(20)16-8-4-6-14-5-2-3-7-15(14)16/h2-8,13,17,20H,9-12,19H2,1H3. The van der Waals surface area contributed by atoms with Gasteiger partial charge in [0.05, 0.1) is 6.10 Å². The Morgan fingerprint density at radius 3 is 2.70 bits per heavy atom. The Labute approximate surface area is 120 Å². The minimum atomic E-state index is -0.469. The van der Waals surface area contributed by atoms with Crippen molar-refractivity contribution in [3.05, 3.63) is 48.0 Å². The zero-order valence-corrected chi connectivity index (χ0v) is 12.0. The summed E-state index contributed by atoms with van der Waals surface area (Å²) in [6.07, 6.45) is 2.74. The second kappa shape index (κ2) is 5.19. The average Bonchev–Trinajstić information content (AvgIpc) is 2.88. The van der Waals surface area contributed by atoms with Crippen LogP contribution in [-0.2, 0) is 0 Å². The zero-order valence-electron chi connectivity index (χ0n) is 12.0. The number of hydrogen-bond donors (Lipinski definition) is 2. The van der Waals surface area contributed by atoms with Crippen LogP contribution in [-0.4, -0.2) is 11.7 Å². The van der Waals surface area contributed by atoms with Crippen LogP contribution >= 0.6 is 0 Å². The van der Waals surface area contributed by atoms with E-state index in [1.165, 1.54) is 11.8 Å². The van der Waals surface area contributed by atoms with Gasteiger partial charge in [0.25, 0.3) is 0 Å². The third-order valence-corrected chi connectivity index (χ3v) is 4.99. The third kappa shape index (κ3) is 2.13. The number of fused-ring (bicyclic) bond motifs is 1. The number of benzene rings is 2. The molecule has 3 atom stereocenters. The van der Waals surface area contributed by atoms with Crippen LogP contribution in [0.2, 0.25) is 0 Å². The summed E-state index contributed by atoms with van der Waals surface area (Å²) in [4.78, 5) is 0. The molecule has 20 heavy (non-hydrogen) atoms. The van der Waals surface area contributed by atoms with Gasteiger partial charge in [-0.15, -0.1) is 0 Å². The highest BCUT2D eigenvalue weighted by Crippen LogP contribution is 2.50. The fraction of sp³-hybridized carbons (Fsp3) is 0.444. The average molecular weight is 269 g/mol. The molecule has 106 valence electrons. The molecule has 0 heterocycles. The van der Waals surface area contributed by atoms with E-state index in [-0.39, 0.29) is 5.41 Å². The molecular weight excluding hydrogens is 246 g/mol. The molecule has 3 unspecified atom stereocenters. The monoisotopic (exact) mass is 269 g/mol. The van der Waals surface area contributed by atoms with Crippen LogP contribution in [0, 0.1) is 11.3 Å². The maximum atomic E-state index is 11.0. The first-order chi connectivity index (χ1) is 9.66. The number of aliphatic hydroxyl groups is 1. The fourth-order valence-corrected chi connectivity index (χ4v) is 3.80. The van der Waals surface area contributed by atoms with Crippen LogP contribution in [0.5, 0.6) is 0 Å². The fourth-order valence-electron chi connectivity index (χ4n) is 3.80. The van der Waals surface area contributed by atoms with Crippen LogP contribution < -0.4 is 5.73 Å². The van der Waals surface area contributed by atoms with Gasteiger partial charge in [0.15, 0.2) is 0 Å². The van der Waals surface area contributed by atoms with Crippen molar-refractivity contribution in [2.24, 2.45) is 17.1 Å². The van der Waals surface area contributed by atoms with Gasteiger partial charge in [-0.2, -0.15) is 0 Å². The van der Waals surface area contributed by atoms with Gasteiger partial charge >= 0.3 is 0 Å². The summed E-state index contributed by atoms with van der Waals surface area (Å²) in [6.45, 7) is 2.81. The summed E-state index contributed by atoms with van der Waals surface area (Å²) in [6, 6.07) is 14.4. The number of nitrogens with two attached hydrogens (primary N) is 1. The molecule has 1 saturated carbocycles. The number of aliphatic hydroxyl groups excluding tert-OH is 1. The molecule has 2 nitrogen and oxygen atoms in total. The lowest BCUT2D eigenvalue weighted by Gasteiger charge is -2.34. The van der Waals surface area contributed by atoms with Crippen molar-refractivity contribution in [3.63, 3.8) is 0 Å². The van der Waals surface area contributed by atoms with Gasteiger partial charge in [-0.3, -0.25) is 0 Å². The van der Waals surface area contributed by atoms with Crippen LogP contribution in [0.3, 0.4) is 0 Å². The smallest absolute Gasteiger partial charge is 0.0864 e. The molecule has 0 aliphatic heterocycles. The van der Waals surface area contributed by atoms with Crippen LogP contribution in [0.1, 0.15) is 37.9 Å². The Balaban J connectivity index is 2.06. The highest BCUT2D eigenvalue weighted by molar-refractivity contribution is 5.86. The quantitative estimate of drug-likeness (QED) is 0.893. The largest absolute Gasteiger partial charge is 0.388 e. The molecule has 0 aromatic heterocycles. The molecule has 0 spiro atoms. The second-order valence-electron chi connectivity index (χ2n) is 6.39. The van der Waals surface area contributed by atoms with E-state index in [0.29, 0.717) is 12.5 Å². The topological polar surface area (TPSA) is 46.2 Å². The molecule has 2 aromatic rings. The first-order valence-electron chi connectivity index (χ1n) is 7.52. The summed E-state index contributed by atoms with van der Waals surface area (Å²) < 4.78 is 0. The molecule has 3 N–H and O–H groups in total. The van der Waals surface area contributed by atoms with Gasteiger partial charge in [0.1, 0.15) is 0 Å². The molecular formula is C18H23NO. The molecule has 0 radical (unpaired) electrons. The molecule has 1 fully saturated rings. The predicted octanol–water partition coefficient (Wildman–Crippen LogP) is 3.64. The maximum Gasteiger partial charge on any atom is 0.0864 e. The van der Waals surface area contributed by atoms with Crippen molar-refractivity contribution in [1.82, 2.24) is 0 Å². The van der Waals surface area contributed by atoms with E-state index in [4.69, 9.17) is 5.73 Å². The van der Waals surface area contributed by atoms with Gasteiger partial charge in [0.2, 0.25) is 0 Å². The minimum Gasteiger partial charge on any atom is -0.388 e. The SMILES string of the molecule is CC1CCC(CN)(C(O)c2cccc3ccccc23)C1. The van der Waals surface area contributed by atoms with Gasteiger partial charge in [-0.25, -0.2) is 0 Å². The summed E-state index contributed by atoms with van der Waals surface area (Å²) in [7, 11) is 0. The molecule has 0 bridgehead atoms. The van der Waals surface area contributed by atoms with E-state index in [1.807, 2.05) is 24.3 Å². The number of rotatable bonds is 3. The lowest BCUT2D eigenvalue weighted by Crippen LogP contribution is -2.34. The minimum absolute atomic E-state index is 0.149. The van der Waals surface area contributed by atoms with Crippen molar-refractivity contribution >= 4 is 10.8 Å². The van der Waals surface area contributed by atoms with Crippen molar-refractivity contribution in [1.29, 1.82) is 0 Å². The second-order valence-corrected chi connectivity index (χ2v) is 6.39. The van der Waals surface area contributed by atoms with E-state index in [9.17, 15) is 5.11 Å². The van der Waals surface area contributed by atoms with E-state index in [2.05, 4.69) is 25.1 Å².